The summed E-state index contributed by atoms with van der Waals surface area (Å²) < 4.78 is 6.75. The van der Waals surface area contributed by atoms with Crippen molar-refractivity contribution in [3.8, 4) is 11.3 Å². The van der Waals surface area contributed by atoms with Crippen LogP contribution in [0.1, 0.15) is 29.6 Å². The van der Waals surface area contributed by atoms with Gasteiger partial charge < -0.3 is 5.73 Å². The molecule has 3 N–H and O–H groups in total. The molecule has 0 fully saturated rings. The van der Waals surface area contributed by atoms with Crippen molar-refractivity contribution in [2.24, 2.45) is 0 Å². The Labute approximate surface area is 169 Å². The lowest BCUT2D eigenvalue weighted by Gasteiger charge is -2.01. The molecule has 0 aliphatic rings. The molecule has 9 heteroatoms. The molecule has 0 spiro atoms. The van der Waals surface area contributed by atoms with Crippen LogP contribution in [0, 0.1) is 0 Å². The second kappa shape index (κ2) is 7.21. The maximum absolute atomic E-state index is 12.7. The van der Waals surface area contributed by atoms with Crippen LogP contribution in [0.4, 0.5) is 11.6 Å². The van der Waals surface area contributed by atoms with E-state index in [1.54, 1.807) is 10.9 Å². The summed E-state index contributed by atoms with van der Waals surface area (Å²) in [5, 5.41) is 7.94. The van der Waals surface area contributed by atoms with E-state index in [0.717, 1.165) is 16.6 Å². The lowest BCUT2D eigenvalue weighted by atomic mass is 10.1. The van der Waals surface area contributed by atoms with Gasteiger partial charge in [0.05, 0.1) is 11.4 Å². The van der Waals surface area contributed by atoms with Gasteiger partial charge >= 0.3 is 5.88 Å². The Morgan fingerprint density at radius 1 is 1.25 bits per heavy atom. The number of nitrogens with two attached hydrogens (primary N) is 1. The van der Waals surface area contributed by atoms with E-state index in [1.165, 1.54) is 11.3 Å². The fraction of sp³-hybridized carbons (Fsp3) is 0.158. The third-order valence-corrected chi connectivity index (χ3v) is 5.55. The van der Waals surface area contributed by atoms with E-state index >= 15 is 0 Å². The van der Waals surface area contributed by atoms with Gasteiger partial charge in [-0.1, -0.05) is 23.7 Å². The van der Waals surface area contributed by atoms with Gasteiger partial charge in [-0.25, -0.2) is 4.98 Å². The summed E-state index contributed by atoms with van der Waals surface area (Å²) >= 11 is 7.18. The van der Waals surface area contributed by atoms with Gasteiger partial charge in [-0.2, -0.15) is 0 Å². The highest BCUT2D eigenvalue weighted by atomic mass is 35.5. The van der Waals surface area contributed by atoms with Crippen LogP contribution in [0.15, 0.2) is 47.1 Å². The average Bonchev–Trinajstić information content (AvgIpc) is 3.27. The number of hydrogen-bond acceptors (Lipinski definition) is 6. The van der Waals surface area contributed by atoms with E-state index in [9.17, 15) is 4.79 Å². The Hall–Kier alpha value is -2.97. The van der Waals surface area contributed by atoms with Gasteiger partial charge in [-0.15, -0.1) is 11.3 Å². The van der Waals surface area contributed by atoms with Gasteiger partial charge in [0.1, 0.15) is 9.71 Å². The van der Waals surface area contributed by atoms with E-state index in [4.69, 9.17) is 21.9 Å². The fourth-order valence-electron chi connectivity index (χ4n) is 2.67. The van der Waals surface area contributed by atoms with Crippen LogP contribution in [-0.4, -0.2) is 16.2 Å². The first-order valence-corrected chi connectivity index (χ1v) is 9.76. The number of fused-ring (bicyclic) bond motifs is 1. The van der Waals surface area contributed by atoms with Crippen molar-refractivity contribution in [3.05, 3.63) is 52.5 Å². The molecule has 0 bridgehead atoms. The summed E-state index contributed by atoms with van der Waals surface area (Å²) in [6, 6.07) is 11.3. The molecule has 142 valence electrons. The van der Waals surface area contributed by atoms with Crippen molar-refractivity contribution in [1.29, 1.82) is 0 Å². The zero-order valence-corrected chi connectivity index (χ0v) is 16.7. The van der Waals surface area contributed by atoms with Gasteiger partial charge in [-0.3, -0.25) is 14.6 Å². The molecule has 0 saturated carbocycles. The minimum atomic E-state index is -0.361. The highest BCUT2D eigenvalue weighted by Crippen LogP contribution is 2.34. The largest absolute Gasteiger partial charge is 0.397 e. The first-order chi connectivity index (χ1) is 13.4. The number of benzene rings is 1. The quantitative estimate of drug-likeness (QED) is 0.485. The number of hydrogen-bond donors (Lipinski definition) is 2. The number of halogens is 1. The molecule has 0 aliphatic heterocycles. The first kappa shape index (κ1) is 18.4. The van der Waals surface area contributed by atoms with E-state index in [2.05, 4.69) is 15.6 Å². The highest BCUT2D eigenvalue weighted by Gasteiger charge is 2.22. The molecule has 0 atom stereocenters. The van der Waals surface area contributed by atoms with Gasteiger partial charge in [0.15, 0.2) is 6.04 Å². The number of carbonyl (C=O) groups excluding carboxylic acids is 1. The predicted molar refractivity (Wildman–Crippen MR) is 110 cm³/mol. The number of aromatic nitrogens is 3. The van der Waals surface area contributed by atoms with Crippen LogP contribution in [-0.2, 0) is 0 Å². The molecule has 0 saturated heterocycles. The zero-order valence-electron chi connectivity index (χ0n) is 15.1. The second-order valence-electron chi connectivity index (χ2n) is 6.50. The van der Waals surface area contributed by atoms with Crippen molar-refractivity contribution in [3.63, 3.8) is 0 Å². The predicted octanol–water partition coefficient (Wildman–Crippen LogP) is 4.31. The van der Waals surface area contributed by atoms with Crippen LogP contribution < -0.4 is 15.7 Å². The molecule has 0 aliphatic carbocycles. The number of carbonyl (C=O) groups is 1. The number of anilines is 2. The van der Waals surface area contributed by atoms with Gasteiger partial charge in [-0.05, 0) is 42.8 Å². The summed E-state index contributed by atoms with van der Waals surface area (Å²) in [4.78, 5) is 18.4. The monoisotopic (exact) mass is 414 g/mol. The molecule has 1 amide bonds. The average molecular weight is 415 g/mol. The molecule has 3 aromatic heterocycles. The molecule has 4 rings (SSSR count). The van der Waals surface area contributed by atoms with Crippen molar-refractivity contribution < 1.29 is 14.0 Å². The maximum atomic E-state index is 12.7. The first-order valence-electron chi connectivity index (χ1n) is 8.57. The Morgan fingerprint density at radius 2 is 2.00 bits per heavy atom. The smallest absolute Gasteiger partial charge is 0.302 e. The molecule has 1 aromatic carbocycles. The third kappa shape index (κ3) is 3.44. The normalized spacial score (nSPS) is 11.3. The van der Waals surface area contributed by atoms with Crippen molar-refractivity contribution >= 4 is 50.6 Å². The van der Waals surface area contributed by atoms with E-state index in [-0.39, 0.29) is 17.8 Å². The molecular weight excluding hydrogens is 398 g/mol. The Kier molecular flexibility index (Phi) is 4.74. The molecule has 7 nitrogen and oxygen atoms in total. The van der Waals surface area contributed by atoms with Crippen LogP contribution in [0.25, 0.3) is 21.5 Å². The molecule has 4 aromatic rings. The van der Waals surface area contributed by atoms with E-state index < -0.39 is 0 Å². The SMILES string of the molecule is CC(C)[n+]1cc(NC(=O)c2sc3nc(-c4ccc(Cl)cc4)ccc3c2N)on1. The molecule has 28 heavy (non-hydrogen) atoms. The van der Waals surface area contributed by atoms with E-state index in [1.807, 2.05) is 50.2 Å². The third-order valence-electron chi connectivity index (χ3n) is 4.19. The number of nitrogens with one attached hydrogen (secondary N) is 1. The number of nitrogens with zero attached hydrogens (tertiary/aromatic N) is 3. The Morgan fingerprint density at radius 3 is 2.68 bits per heavy atom. The molecule has 0 radical (unpaired) electrons. The number of amides is 1. The fourth-order valence-corrected chi connectivity index (χ4v) is 3.79. The minimum absolute atomic E-state index is 0.124. The Bertz CT molecular complexity index is 1170. The van der Waals surface area contributed by atoms with Crippen LogP contribution in [0.2, 0.25) is 5.02 Å². The number of pyridine rings is 1. The molecular formula is C19H17ClN5O2S+. The molecule has 3 heterocycles. The van der Waals surface area contributed by atoms with Crippen LogP contribution in [0.3, 0.4) is 0 Å². The summed E-state index contributed by atoms with van der Waals surface area (Å²) in [6.45, 7) is 3.92. The number of nitrogen functional groups attached to an aromatic ring is 1. The second-order valence-corrected chi connectivity index (χ2v) is 7.93. The summed E-state index contributed by atoms with van der Waals surface area (Å²) in [7, 11) is 0. The lowest BCUT2D eigenvalue weighted by molar-refractivity contribution is -0.779. The van der Waals surface area contributed by atoms with Crippen molar-refractivity contribution in [1.82, 2.24) is 10.3 Å². The van der Waals surface area contributed by atoms with Crippen molar-refractivity contribution in [2.75, 3.05) is 11.1 Å². The van der Waals surface area contributed by atoms with Gasteiger partial charge in [0.25, 0.3) is 12.1 Å². The topological polar surface area (TPSA) is 97.9 Å². The van der Waals surface area contributed by atoms with E-state index in [0.29, 0.717) is 20.4 Å². The number of thiophene rings is 1. The highest BCUT2D eigenvalue weighted by molar-refractivity contribution is 7.21. The molecule has 0 unspecified atom stereocenters. The van der Waals surface area contributed by atoms with Gasteiger partial charge in [0, 0.05) is 16.0 Å². The lowest BCUT2D eigenvalue weighted by Crippen LogP contribution is -2.36. The minimum Gasteiger partial charge on any atom is -0.397 e. The van der Waals surface area contributed by atoms with Gasteiger partial charge in [0.2, 0.25) is 5.27 Å². The maximum Gasteiger partial charge on any atom is 0.302 e. The summed E-state index contributed by atoms with van der Waals surface area (Å²) in [5.74, 6) is -0.106. The summed E-state index contributed by atoms with van der Waals surface area (Å²) in [5.41, 5.74) is 8.31. The Balaban J connectivity index is 1.64. The zero-order chi connectivity index (χ0) is 19.8. The van der Waals surface area contributed by atoms with Crippen LogP contribution >= 0.6 is 22.9 Å². The summed E-state index contributed by atoms with van der Waals surface area (Å²) in [6.07, 6.45) is 1.63. The standard InChI is InChI=1S/C19H16ClN5O2S/c1-10(2)25-9-15(27-24-25)23-18(26)17-16(21)13-7-8-14(22-19(13)28-17)11-3-5-12(20)6-4-11/h3-10H,1-2H3,(H2-,21,23,24,26)/p+1. The van der Waals surface area contributed by atoms with Crippen molar-refractivity contribution in [2.45, 2.75) is 19.9 Å². The number of rotatable bonds is 4. The van der Waals surface area contributed by atoms with Crippen LogP contribution in [0.5, 0.6) is 0 Å².